The molecular weight excluding hydrogens is 379 g/mol. The van der Waals surface area contributed by atoms with Gasteiger partial charge in [-0.2, -0.15) is 0 Å². The normalized spacial score (nSPS) is 13.2. The lowest BCUT2D eigenvalue weighted by Crippen LogP contribution is -2.32. The molecule has 0 spiro atoms. The van der Waals surface area contributed by atoms with Crippen molar-refractivity contribution < 1.29 is 17.6 Å². The average Bonchev–Trinajstić information content (AvgIpc) is 2.61. The van der Waals surface area contributed by atoms with Crippen LogP contribution < -0.4 is 10.0 Å². The highest BCUT2D eigenvalue weighted by Crippen LogP contribution is 2.23. The predicted octanol–water partition coefficient (Wildman–Crippen LogP) is 3.67. The third-order valence-electron chi connectivity index (χ3n) is 4.40. The van der Waals surface area contributed by atoms with Crippen LogP contribution in [-0.2, 0) is 20.2 Å². The molecular formula is C21H27FN2O3S. The number of carbonyl (C=O) groups is 1. The number of rotatable bonds is 7. The Kier molecular flexibility index (Phi) is 6.96. The molecule has 0 heterocycles. The number of hydrogen-bond acceptors (Lipinski definition) is 3. The lowest BCUT2D eigenvalue weighted by atomic mass is 9.87. The zero-order chi connectivity index (χ0) is 20.9. The standard InChI is InChI=1S/C21H27FN2O3S/c1-15(16-6-5-7-18(22)14-16)24-20(25)12-13-23-28(26,27)19-10-8-17(9-11-19)21(2,3)4/h5-11,14-15,23H,12-13H2,1-4H3,(H,24,25). The Balaban J connectivity index is 1.88. The highest BCUT2D eigenvalue weighted by molar-refractivity contribution is 7.89. The van der Waals surface area contributed by atoms with Gasteiger partial charge in [0, 0.05) is 13.0 Å². The van der Waals surface area contributed by atoms with Gasteiger partial charge in [0.1, 0.15) is 5.82 Å². The van der Waals surface area contributed by atoms with E-state index in [2.05, 4.69) is 30.8 Å². The van der Waals surface area contributed by atoms with E-state index in [1.807, 2.05) is 0 Å². The fourth-order valence-electron chi connectivity index (χ4n) is 2.69. The van der Waals surface area contributed by atoms with Crippen molar-refractivity contribution in [2.24, 2.45) is 0 Å². The van der Waals surface area contributed by atoms with Crippen LogP contribution in [0.2, 0.25) is 0 Å². The number of amides is 1. The number of halogens is 1. The van der Waals surface area contributed by atoms with Crippen molar-refractivity contribution in [1.29, 1.82) is 0 Å². The minimum atomic E-state index is -3.68. The van der Waals surface area contributed by atoms with Crippen molar-refractivity contribution in [1.82, 2.24) is 10.0 Å². The summed E-state index contributed by atoms with van der Waals surface area (Å²) < 4.78 is 40.4. The van der Waals surface area contributed by atoms with Crippen LogP contribution >= 0.6 is 0 Å². The molecule has 28 heavy (non-hydrogen) atoms. The largest absolute Gasteiger partial charge is 0.350 e. The van der Waals surface area contributed by atoms with Gasteiger partial charge in [0.15, 0.2) is 0 Å². The van der Waals surface area contributed by atoms with Crippen LogP contribution in [0.3, 0.4) is 0 Å². The van der Waals surface area contributed by atoms with Crippen LogP contribution in [0.25, 0.3) is 0 Å². The fraction of sp³-hybridized carbons (Fsp3) is 0.381. The minimum absolute atomic E-state index is 0.0149. The first kappa shape index (κ1) is 22.0. The minimum Gasteiger partial charge on any atom is -0.350 e. The van der Waals surface area contributed by atoms with Crippen LogP contribution in [0.5, 0.6) is 0 Å². The van der Waals surface area contributed by atoms with E-state index in [1.165, 1.54) is 12.1 Å². The van der Waals surface area contributed by atoms with Crippen molar-refractivity contribution in [3.63, 3.8) is 0 Å². The second kappa shape index (κ2) is 8.84. The summed E-state index contributed by atoms with van der Waals surface area (Å²) in [6.45, 7) is 7.88. The summed E-state index contributed by atoms with van der Waals surface area (Å²) >= 11 is 0. The van der Waals surface area contributed by atoms with Crippen LogP contribution in [0.15, 0.2) is 53.4 Å². The molecule has 2 aromatic rings. The Morgan fingerprint density at radius 1 is 1.11 bits per heavy atom. The maximum Gasteiger partial charge on any atom is 0.240 e. The van der Waals surface area contributed by atoms with Gasteiger partial charge in [-0.05, 0) is 47.7 Å². The molecule has 0 aliphatic heterocycles. The molecule has 2 aromatic carbocycles. The number of hydrogen-bond donors (Lipinski definition) is 2. The highest BCUT2D eigenvalue weighted by Gasteiger charge is 2.18. The number of carbonyl (C=O) groups excluding carboxylic acids is 1. The summed E-state index contributed by atoms with van der Waals surface area (Å²) in [5.74, 6) is -0.689. The van der Waals surface area contributed by atoms with Crippen LogP contribution in [0.1, 0.15) is 51.3 Å². The van der Waals surface area contributed by atoms with Crippen molar-refractivity contribution in [3.8, 4) is 0 Å². The van der Waals surface area contributed by atoms with Crippen molar-refractivity contribution >= 4 is 15.9 Å². The predicted molar refractivity (Wildman–Crippen MR) is 108 cm³/mol. The van der Waals surface area contributed by atoms with E-state index in [1.54, 1.807) is 43.3 Å². The van der Waals surface area contributed by atoms with Gasteiger partial charge in [-0.3, -0.25) is 4.79 Å². The molecule has 5 nitrogen and oxygen atoms in total. The summed E-state index contributed by atoms with van der Waals surface area (Å²) in [7, 11) is -3.68. The van der Waals surface area contributed by atoms with Gasteiger partial charge in [-0.25, -0.2) is 17.5 Å². The molecule has 152 valence electrons. The van der Waals surface area contributed by atoms with Gasteiger partial charge in [0.2, 0.25) is 15.9 Å². The summed E-state index contributed by atoms with van der Waals surface area (Å²) in [5.41, 5.74) is 1.62. The van der Waals surface area contributed by atoms with E-state index in [4.69, 9.17) is 0 Å². The lowest BCUT2D eigenvalue weighted by molar-refractivity contribution is -0.121. The number of sulfonamides is 1. The monoisotopic (exact) mass is 406 g/mol. The molecule has 0 bridgehead atoms. The van der Waals surface area contributed by atoms with E-state index >= 15 is 0 Å². The highest BCUT2D eigenvalue weighted by atomic mass is 32.2. The molecule has 0 saturated carbocycles. The second-order valence-electron chi connectivity index (χ2n) is 7.77. The Morgan fingerprint density at radius 2 is 1.75 bits per heavy atom. The average molecular weight is 407 g/mol. The molecule has 0 fully saturated rings. The van der Waals surface area contributed by atoms with Gasteiger partial charge < -0.3 is 5.32 Å². The van der Waals surface area contributed by atoms with Crippen LogP contribution in [-0.4, -0.2) is 20.9 Å². The molecule has 2 rings (SSSR count). The van der Waals surface area contributed by atoms with Gasteiger partial charge >= 0.3 is 0 Å². The fourth-order valence-corrected chi connectivity index (χ4v) is 3.72. The Morgan fingerprint density at radius 3 is 2.32 bits per heavy atom. The summed E-state index contributed by atoms with van der Waals surface area (Å²) in [4.78, 5) is 12.2. The molecule has 1 atom stereocenters. The first-order chi connectivity index (χ1) is 13.0. The van der Waals surface area contributed by atoms with Crippen LogP contribution in [0.4, 0.5) is 4.39 Å². The second-order valence-corrected chi connectivity index (χ2v) is 9.53. The first-order valence-electron chi connectivity index (χ1n) is 9.14. The topological polar surface area (TPSA) is 75.3 Å². The molecule has 2 N–H and O–H groups in total. The SMILES string of the molecule is CC(NC(=O)CCNS(=O)(=O)c1ccc(C(C)(C)C)cc1)c1cccc(F)c1. The van der Waals surface area contributed by atoms with E-state index < -0.39 is 10.0 Å². The van der Waals surface area contributed by atoms with E-state index in [0.29, 0.717) is 5.56 Å². The van der Waals surface area contributed by atoms with E-state index in [0.717, 1.165) is 5.56 Å². The van der Waals surface area contributed by atoms with Crippen molar-refractivity contribution in [2.75, 3.05) is 6.54 Å². The molecule has 0 radical (unpaired) electrons. The maximum absolute atomic E-state index is 13.3. The Bertz CT molecular complexity index is 919. The van der Waals surface area contributed by atoms with Crippen molar-refractivity contribution in [2.45, 2.75) is 50.5 Å². The third-order valence-corrected chi connectivity index (χ3v) is 5.88. The number of benzene rings is 2. The van der Waals surface area contributed by atoms with Gasteiger partial charge in [-0.15, -0.1) is 0 Å². The summed E-state index contributed by atoms with van der Waals surface area (Å²) in [5, 5.41) is 2.73. The molecule has 0 saturated heterocycles. The molecule has 0 aliphatic carbocycles. The van der Waals surface area contributed by atoms with Gasteiger partial charge in [0.25, 0.3) is 0 Å². The maximum atomic E-state index is 13.3. The molecule has 7 heteroatoms. The third kappa shape index (κ3) is 6.14. The Labute approximate surface area is 166 Å². The van der Waals surface area contributed by atoms with E-state index in [9.17, 15) is 17.6 Å². The van der Waals surface area contributed by atoms with Crippen LogP contribution in [0, 0.1) is 5.82 Å². The number of nitrogens with one attached hydrogen (secondary N) is 2. The Hall–Kier alpha value is -2.25. The lowest BCUT2D eigenvalue weighted by Gasteiger charge is -2.19. The molecule has 1 amide bonds. The first-order valence-corrected chi connectivity index (χ1v) is 10.6. The quantitative estimate of drug-likeness (QED) is 0.737. The summed E-state index contributed by atoms with van der Waals surface area (Å²) in [6.07, 6.45) is -0.0149. The van der Waals surface area contributed by atoms with E-state index in [-0.39, 0.29) is 41.0 Å². The molecule has 1 unspecified atom stereocenters. The van der Waals surface area contributed by atoms with Gasteiger partial charge in [0.05, 0.1) is 10.9 Å². The zero-order valence-electron chi connectivity index (χ0n) is 16.6. The molecule has 0 aromatic heterocycles. The van der Waals surface area contributed by atoms with Gasteiger partial charge in [-0.1, -0.05) is 45.0 Å². The zero-order valence-corrected chi connectivity index (χ0v) is 17.4. The van der Waals surface area contributed by atoms with Crippen molar-refractivity contribution in [3.05, 3.63) is 65.5 Å². The smallest absolute Gasteiger partial charge is 0.240 e. The molecule has 0 aliphatic rings. The summed E-state index contributed by atoms with van der Waals surface area (Å²) in [6, 6.07) is 12.3.